The molecule has 1 unspecified atom stereocenters. The maximum absolute atomic E-state index is 4.73. The Balaban J connectivity index is 1.20. The van der Waals surface area contributed by atoms with Crippen LogP contribution in [0.1, 0.15) is 36.7 Å². The van der Waals surface area contributed by atoms with E-state index in [2.05, 4.69) is 68.9 Å². The first-order chi connectivity index (χ1) is 14.2. The highest BCUT2D eigenvalue weighted by Crippen LogP contribution is 2.30. The predicted molar refractivity (Wildman–Crippen MR) is 116 cm³/mol. The number of piperidine rings is 1. The zero-order chi connectivity index (χ0) is 19.8. The van der Waals surface area contributed by atoms with Crippen molar-refractivity contribution in [2.75, 3.05) is 31.1 Å². The number of hydrogen-bond acceptors (Lipinski definition) is 4. The van der Waals surface area contributed by atoms with Crippen molar-refractivity contribution < 1.29 is 0 Å². The topological polar surface area (TPSA) is 53.0 Å². The molecular formula is C23H30N6. The smallest absolute Gasteiger partial charge is 0.0661 e. The molecule has 2 aromatic heterocycles. The second-order valence-corrected chi connectivity index (χ2v) is 8.55. The first kappa shape index (κ1) is 18.4. The zero-order valence-electron chi connectivity index (χ0n) is 17.4. The Morgan fingerprint density at radius 2 is 1.79 bits per heavy atom. The Labute approximate surface area is 172 Å². The van der Waals surface area contributed by atoms with Crippen LogP contribution in [0.2, 0.25) is 0 Å². The second kappa shape index (κ2) is 7.67. The minimum atomic E-state index is 0.535. The summed E-state index contributed by atoms with van der Waals surface area (Å²) in [7, 11) is 0. The van der Waals surface area contributed by atoms with Crippen molar-refractivity contribution in [1.29, 1.82) is 0 Å². The number of aromatic nitrogens is 4. The lowest BCUT2D eigenvalue weighted by Gasteiger charge is -2.38. The zero-order valence-corrected chi connectivity index (χ0v) is 17.4. The van der Waals surface area contributed by atoms with Crippen molar-refractivity contribution >= 4 is 5.69 Å². The Hall–Kier alpha value is -2.60. The summed E-state index contributed by atoms with van der Waals surface area (Å²) in [6.07, 6.45) is 5.49. The molecule has 0 saturated carbocycles. The van der Waals surface area contributed by atoms with Crippen molar-refractivity contribution in [2.45, 2.75) is 45.2 Å². The SMILES string of the molecule is Cc1cc(C)n(C2CCN(C3CCN(c4cccc(-c5ccn[nH]5)c4)CC3)C2)n1. The number of aryl methyl sites for hydroxylation is 2. The molecule has 1 N–H and O–H groups in total. The van der Waals surface area contributed by atoms with Gasteiger partial charge >= 0.3 is 0 Å². The lowest BCUT2D eigenvalue weighted by Crippen LogP contribution is -2.44. The molecule has 4 heterocycles. The highest BCUT2D eigenvalue weighted by Gasteiger charge is 2.32. The Kier molecular flexibility index (Phi) is 4.87. The monoisotopic (exact) mass is 390 g/mol. The predicted octanol–water partition coefficient (Wildman–Crippen LogP) is 3.81. The van der Waals surface area contributed by atoms with E-state index in [1.54, 1.807) is 0 Å². The van der Waals surface area contributed by atoms with Gasteiger partial charge in [0.25, 0.3) is 0 Å². The summed E-state index contributed by atoms with van der Waals surface area (Å²) in [6, 6.07) is 14.3. The fourth-order valence-electron chi connectivity index (χ4n) is 5.09. The summed E-state index contributed by atoms with van der Waals surface area (Å²) in [6.45, 7) is 8.85. The van der Waals surface area contributed by atoms with Crippen molar-refractivity contribution in [3.8, 4) is 11.3 Å². The molecule has 1 aromatic carbocycles. The third-order valence-electron chi connectivity index (χ3n) is 6.59. The van der Waals surface area contributed by atoms with Crippen LogP contribution in [0.25, 0.3) is 11.3 Å². The van der Waals surface area contributed by atoms with Crippen LogP contribution >= 0.6 is 0 Å². The van der Waals surface area contributed by atoms with E-state index in [0.29, 0.717) is 12.1 Å². The summed E-state index contributed by atoms with van der Waals surface area (Å²) in [4.78, 5) is 5.24. The van der Waals surface area contributed by atoms with Crippen molar-refractivity contribution in [2.24, 2.45) is 0 Å². The Morgan fingerprint density at radius 3 is 2.52 bits per heavy atom. The number of anilines is 1. The normalized spacial score (nSPS) is 21.2. The van der Waals surface area contributed by atoms with Gasteiger partial charge in [-0.2, -0.15) is 10.2 Å². The van der Waals surface area contributed by atoms with E-state index in [4.69, 9.17) is 5.10 Å². The molecule has 2 aliphatic heterocycles. The molecule has 6 heteroatoms. The van der Waals surface area contributed by atoms with Crippen LogP contribution in [0, 0.1) is 13.8 Å². The van der Waals surface area contributed by atoms with Crippen LogP contribution in [0.3, 0.4) is 0 Å². The summed E-state index contributed by atoms with van der Waals surface area (Å²) >= 11 is 0. The molecule has 1 atom stereocenters. The Bertz CT molecular complexity index is 952. The van der Waals surface area contributed by atoms with E-state index in [-0.39, 0.29) is 0 Å². The van der Waals surface area contributed by atoms with Gasteiger partial charge < -0.3 is 4.90 Å². The molecule has 0 amide bonds. The van der Waals surface area contributed by atoms with Crippen LogP contribution in [0.15, 0.2) is 42.6 Å². The van der Waals surface area contributed by atoms with Crippen LogP contribution in [-0.4, -0.2) is 57.1 Å². The summed E-state index contributed by atoms with van der Waals surface area (Å²) in [5.74, 6) is 0. The fourth-order valence-corrected chi connectivity index (χ4v) is 5.09. The molecule has 2 fully saturated rings. The lowest BCUT2D eigenvalue weighted by atomic mass is 10.0. The number of H-pyrrole nitrogens is 1. The minimum Gasteiger partial charge on any atom is -0.371 e. The van der Waals surface area contributed by atoms with Crippen LogP contribution in [0.4, 0.5) is 5.69 Å². The molecule has 0 bridgehead atoms. The van der Waals surface area contributed by atoms with E-state index >= 15 is 0 Å². The summed E-state index contributed by atoms with van der Waals surface area (Å²) < 4.78 is 2.26. The van der Waals surface area contributed by atoms with E-state index in [0.717, 1.165) is 31.0 Å². The molecule has 0 radical (unpaired) electrons. The van der Waals surface area contributed by atoms with Crippen molar-refractivity contribution in [3.05, 3.63) is 54.0 Å². The molecule has 2 aliphatic rings. The van der Waals surface area contributed by atoms with Crippen LogP contribution < -0.4 is 4.90 Å². The van der Waals surface area contributed by atoms with Crippen molar-refractivity contribution in [3.63, 3.8) is 0 Å². The number of nitrogens with zero attached hydrogens (tertiary/aromatic N) is 5. The van der Waals surface area contributed by atoms with Gasteiger partial charge in [0.05, 0.1) is 17.4 Å². The standard InChI is InChI=1S/C23H30N6/c1-17-14-18(2)29(26-17)22-9-13-28(16-22)20-7-11-27(12-8-20)21-5-3-4-19(15-21)23-6-10-24-25-23/h3-6,10,14-15,20,22H,7-9,11-13,16H2,1-2H3,(H,24,25). The molecule has 152 valence electrons. The molecule has 2 saturated heterocycles. The van der Waals surface area contributed by atoms with E-state index in [1.165, 1.54) is 42.8 Å². The maximum atomic E-state index is 4.73. The highest BCUT2D eigenvalue weighted by atomic mass is 15.3. The van der Waals surface area contributed by atoms with Gasteiger partial charge in [0.2, 0.25) is 0 Å². The fraction of sp³-hybridized carbons (Fsp3) is 0.478. The number of hydrogen-bond donors (Lipinski definition) is 1. The Morgan fingerprint density at radius 1 is 0.966 bits per heavy atom. The average Bonchev–Trinajstić information content (AvgIpc) is 3.49. The molecule has 0 aliphatic carbocycles. The second-order valence-electron chi connectivity index (χ2n) is 8.55. The quantitative estimate of drug-likeness (QED) is 0.736. The molecule has 5 rings (SSSR count). The molecular weight excluding hydrogens is 360 g/mol. The van der Waals surface area contributed by atoms with E-state index < -0.39 is 0 Å². The first-order valence-corrected chi connectivity index (χ1v) is 10.8. The van der Waals surface area contributed by atoms with Gasteiger partial charge in [-0.25, -0.2) is 0 Å². The summed E-state index contributed by atoms with van der Waals surface area (Å²) in [5.41, 5.74) is 6.02. The van der Waals surface area contributed by atoms with Gasteiger partial charge in [-0.05, 0) is 57.4 Å². The number of aromatic amines is 1. The molecule has 6 nitrogen and oxygen atoms in total. The van der Waals surface area contributed by atoms with Gasteiger partial charge in [-0.15, -0.1) is 0 Å². The highest BCUT2D eigenvalue weighted by molar-refractivity contribution is 5.65. The van der Waals surface area contributed by atoms with Crippen molar-refractivity contribution in [1.82, 2.24) is 24.9 Å². The van der Waals surface area contributed by atoms with E-state index in [1.807, 2.05) is 12.3 Å². The van der Waals surface area contributed by atoms with Gasteiger partial charge in [0.15, 0.2) is 0 Å². The third kappa shape index (κ3) is 3.69. The summed E-state index contributed by atoms with van der Waals surface area (Å²) in [5, 5.41) is 11.9. The van der Waals surface area contributed by atoms with E-state index in [9.17, 15) is 0 Å². The van der Waals surface area contributed by atoms with Crippen LogP contribution in [-0.2, 0) is 0 Å². The maximum Gasteiger partial charge on any atom is 0.0661 e. The molecule has 29 heavy (non-hydrogen) atoms. The lowest BCUT2D eigenvalue weighted by molar-refractivity contribution is 0.199. The number of likely N-dealkylation sites (tertiary alicyclic amines) is 1. The number of rotatable bonds is 4. The van der Waals surface area contributed by atoms with Gasteiger partial charge in [0.1, 0.15) is 0 Å². The molecule has 0 spiro atoms. The van der Waals surface area contributed by atoms with Gasteiger partial charge in [-0.3, -0.25) is 14.7 Å². The number of benzene rings is 1. The van der Waals surface area contributed by atoms with Gasteiger partial charge in [-0.1, -0.05) is 12.1 Å². The molecule has 3 aromatic rings. The average molecular weight is 391 g/mol. The minimum absolute atomic E-state index is 0.535. The third-order valence-corrected chi connectivity index (χ3v) is 6.59. The number of nitrogens with one attached hydrogen (secondary N) is 1. The van der Waals surface area contributed by atoms with Crippen LogP contribution in [0.5, 0.6) is 0 Å². The first-order valence-electron chi connectivity index (χ1n) is 10.8. The largest absolute Gasteiger partial charge is 0.371 e. The van der Waals surface area contributed by atoms with Gasteiger partial charge in [0, 0.05) is 55.4 Å².